The highest BCUT2D eigenvalue weighted by atomic mass is 79.9. The second kappa shape index (κ2) is 7.04. The van der Waals surface area contributed by atoms with Crippen LogP contribution in [0.2, 0.25) is 5.02 Å². The van der Waals surface area contributed by atoms with E-state index in [0.717, 1.165) is 28.1 Å². The van der Waals surface area contributed by atoms with E-state index in [9.17, 15) is 0 Å². The summed E-state index contributed by atoms with van der Waals surface area (Å²) >= 11 is 9.33. The molecule has 0 aliphatic heterocycles. The van der Waals surface area contributed by atoms with Crippen molar-refractivity contribution in [1.29, 1.82) is 0 Å². The Bertz CT molecular complexity index is 336. The van der Waals surface area contributed by atoms with E-state index in [2.05, 4.69) is 40.3 Å². The monoisotopic (exact) mass is 287 g/mol. The molecule has 0 bridgehead atoms. The molecule has 0 fully saturated rings. The highest BCUT2D eigenvalue weighted by Crippen LogP contribution is 2.22. The van der Waals surface area contributed by atoms with Crippen LogP contribution in [0.4, 0.5) is 0 Å². The van der Waals surface area contributed by atoms with Crippen molar-refractivity contribution in [3.8, 4) is 0 Å². The van der Waals surface area contributed by atoms with E-state index in [-0.39, 0.29) is 0 Å². The third-order valence-electron chi connectivity index (χ3n) is 1.95. The van der Waals surface area contributed by atoms with Crippen LogP contribution in [-0.2, 0) is 0 Å². The summed E-state index contributed by atoms with van der Waals surface area (Å²) in [5.41, 5.74) is 1.15. The predicted octanol–water partition coefficient (Wildman–Crippen LogP) is 4.12. The van der Waals surface area contributed by atoms with Crippen LogP contribution in [-0.4, -0.2) is 13.1 Å². The average Bonchev–Trinajstić information content (AvgIpc) is 2.20. The first-order valence-electron chi connectivity index (χ1n) is 5.06. The first kappa shape index (κ1) is 12.8. The van der Waals surface area contributed by atoms with Gasteiger partial charge in [0.25, 0.3) is 0 Å². The summed E-state index contributed by atoms with van der Waals surface area (Å²) < 4.78 is 1.03. The van der Waals surface area contributed by atoms with Crippen LogP contribution in [0.25, 0.3) is 6.08 Å². The fraction of sp³-hybridized carbons (Fsp3) is 0.333. The van der Waals surface area contributed by atoms with E-state index in [0.29, 0.717) is 0 Å². The average molecular weight is 289 g/mol. The maximum absolute atomic E-state index is 5.85. The Balaban J connectivity index is 2.49. The van der Waals surface area contributed by atoms with Crippen molar-refractivity contribution in [2.24, 2.45) is 0 Å². The van der Waals surface area contributed by atoms with Crippen molar-refractivity contribution in [3.05, 3.63) is 39.3 Å². The zero-order valence-electron chi connectivity index (χ0n) is 8.76. The molecule has 0 atom stereocenters. The SMILES string of the molecule is CCCNC/C=C/c1ccc(Cl)cc1Br. The second-order valence-corrected chi connectivity index (χ2v) is 4.56. The van der Waals surface area contributed by atoms with E-state index in [4.69, 9.17) is 11.6 Å². The molecule has 0 aliphatic rings. The summed E-state index contributed by atoms with van der Waals surface area (Å²) in [6, 6.07) is 5.80. The van der Waals surface area contributed by atoms with Gasteiger partial charge in [-0.05, 0) is 30.7 Å². The molecule has 1 rings (SSSR count). The maximum atomic E-state index is 5.85. The lowest BCUT2D eigenvalue weighted by Gasteiger charge is -2.00. The first-order valence-corrected chi connectivity index (χ1v) is 6.23. The number of benzene rings is 1. The Labute approximate surface area is 105 Å². The number of rotatable bonds is 5. The summed E-state index contributed by atoms with van der Waals surface area (Å²) in [7, 11) is 0. The zero-order valence-corrected chi connectivity index (χ0v) is 11.1. The summed E-state index contributed by atoms with van der Waals surface area (Å²) in [6.07, 6.45) is 5.37. The highest BCUT2D eigenvalue weighted by Gasteiger charge is 1.95. The summed E-state index contributed by atoms with van der Waals surface area (Å²) in [5.74, 6) is 0. The predicted molar refractivity (Wildman–Crippen MR) is 71.3 cm³/mol. The fourth-order valence-corrected chi connectivity index (χ4v) is 2.00. The van der Waals surface area contributed by atoms with Gasteiger partial charge in [-0.3, -0.25) is 0 Å². The lowest BCUT2D eigenvalue weighted by molar-refractivity contribution is 0.730. The van der Waals surface area contributed by atoms with Gasteiger partial charge < -0.3 is 5.32 Å². The molecule has 0 unspecified atom stereocenters. The van der Waals surface area contributed by atoms with E-state index >= 15 is 0 Å². The molecular formula is C12H15BrClN. The summed E-state index contributed by atoms with van der Waals surface area (Å²) in [4.78, 5) is 0. The molecule has 15 heavy (non-hydrogen) atoms. The minimum Gasteiger partial charge on any atom is -0.313 e. The molecule has 0 aromatic heterocycles. The molecule has 0 saturated carbocycles. The van der Waals surface area contributed by atoms with Gasteiger partial charge in [-0.2, -0.15) is 0 Å². The van der Waals surface area contributed by atoms with Gasteiger partial charge in [-0.15, -0.1) is 0 Å². The topological polar surface area (TPSA) is 12.0 Å². The van der Waals surface area contributed by atoms with E-state index < -0.39 is 0 Å². The molecule has 0 heterocycles. The Hall–Kier alpha value is -0.310. The smallest absolute Gasteiger partial charge is 0.0417 e. The van der Waals surface area contributed by atoms with Crippen molar-refractivity contribution in [3.63, 3.8) is 0 Å². The molecule has 1 aromatic rings. The maximum Gasteiger partial charge on any atom is 0.0417 e. The van der Waals surface area contributed by atoms with Gasteiger partial charge in [-0.25, -0.2) is 0 Å². The van der Waals surface area contributed by atoms with Crippen molar-refractivity contribution < 1.29 is 0 Å². The molecule has 0 saturated heterocycles. The number of hydrogen-bond donors (Lipinski definition) is 1. The largest absolute Gasteiger partial charge is 0.313 e. The molecule has 1 N–H and O–H groups in total. The lowest BCUT2D eigenvalue weighted by atomic mass is 10.2. The van der Waals surface area contributed by atoms with Crippen molar-refractivity contribution in [1.82, 2.24) is 5.32 Å². The normalized spacial score (nSPS) is 11.1. The van der Waals surface area contributed by atoms with Crippen molar-refractivity contribution in [2.45, 2.75) is 13.3 Å². The van der Waals surface area contributed by atoms with E-state index in [1.165, 1.54) is 6.42 Å². The molecular weight excluding hydrogens is 273 g/mol. The summed E-state index contributed by atoms with van der Waals surface area (Å²) in [6.45, 7) is 4.13. The third-order valence-corrected chi connectivity index (χ3v) is 2.87. The highest BCUT2D eigenvalue weighted by molar-refractivity contribution is 9.10. The minimum absolute atomic E-state index is 0.753. The Morgan fingerprint density at radius 3 is 2.93 bits per heavy atom. The van der Waals surface area contributed by atoms with Crippen LogP contribution >= 0.6 is 27.5 Å². The first-order chi connectivity index (χ1) is 7.24. The van der Waals surface area contributed by atoms with Gasteiger partial charge in [0.1, 0.15) is 0 Å². The quantitative estimate of drug-likeness (QED) is 0.804. The van der Waals surface area contributed by atoms with E-state index in [1.54, 1.807) is 0 Å². The second-order valence-electron chi connectivity index (χ2n) is 3.27. The number of hydrogen-bond acceptors (Lipinski definition) is 1. The standard InChI is InChI=1S/C12H15BrClN/c1-2-7-15-8-3-4-10-5-6-11(14)9-12(10)13/h3-6,9,15H,2,7-8H2,1H3/b4-3+. The Morgan fingerprint density at radius 1 is 1.47 bits per heavy atom. The molecule has 0 aliphatic carbocycles. The Kier molecular flexibility index (Phi) is 5.99. The van der Waals surface area contributed by atoms with E-state index in [1.807, 2.05) is 18.2 Å². The molecule has 0 spiro atoms. The third kappa shape index (κ3) is 4.83. The Morgan fingerprint density at radius 2 is 2.27 bits per heavy atom. The van der Waals surface area contributed by atoms with Gasteiger partial charge in [0, 0.05) is 16.0 Å². The number of halogens is 2. The van der Waals surface area contributed by atoms with Crippen LogP contribution in [0.1, 0.15) is 18.9 Å². The molecule has 3 heteroatoms. The van der Waals surface area contributed by atoms with Gasteiger partial charge in [0.15, 0.2) is 0 Å². The minimum atomic E-state index is 0.753. The van der Waals surface area contributed by atoms with Crippen LogP contribution in [0.15, 0.2) is 28.7 Å². The zero-order chi connectivity index (χ0) is 11.1. The molecule has 1 nitrogen and oxygen atoms in total. The molecule has 0 radical (unpaired) electrons. The van der Waals surface area contributed by atoms with Crippen molar-refractivity contribution >= 4 is 33.6 Å². The van der Waals surface area contributed by atoms with Crippen LogP contribution in [0.3, 0.4) is 0 Å². The number of nitrogens with one attached hydrogen (secondary N) is 1. The lowest BCUT2D eigenvalue weighted by Crippen LogP contribution is -2.13. The molecule has 1 aromatic carbocycles. The van der Waals surface area contributed by atoms with Gasteiger partial charge >= 0.3 is 0 Å². The van der Waals surface area contributed by atoms with Gasteiger partial charge in [0.05, 0.1) is 0 Å². The van der Waals surface area contributed by atoms with Gasteiger partial charge in [0.2, 0.25) is 0 Å². The van der Waals surface area contributed by atoms with Crippen LogP contribution in [0.5, 0.6) is 0 Å². The molecule has 82 valence electrons. The molecule has 0 amide bonds. The van der Waals surface area contributed by atoms with Crippen LogP contribution in [0, 0.1) is 0 Å². The fourth-order valence-electron chi connectivity index (χ4n) is 1.18. The van der Waals surface area contributed by atoms with Crippen LogP contribution < -0.4 is 5.32 Å². The summed E-state index contributed by atoms with van der Waals surface area (Å²) in [5, 5.41) is 4.06. The van der Waals surface area contributed by atoms with Crippen molar-refractivity contribution in [2.75, 3.05) is 13.1 Å². The van der Waals surface area contributed by atoms with Gasteiger partial charge in [-0.1, -0.05) is 52.7 Å².